The van der Waals surface area contributed by atoms with Crippen molar-refractivity contribution in [3.05, 3.63) is 44.3 Å². The first kappa shape index (κ1) is 19.9. The van der Waals surface area contributed by atoms with Crippen molar-refractivity contribution in [2.75, 3.05) is 26.2 Å². The number of amides is 1. The molecule has 2 aromatic heterocycles. The topological polar surface area (TPSA) is 56.7 Å². The number of hydrogen-bond acceptors (Lipinski definition) is 4. The standard InChI is InChI=1S/C20H28N4OS2/c1-3-21-20(23-12-15(2)17-6-10-26-14-17)22-8-4-19(25)24-9-5-18-16(13-24)7-11-27-18/h6-7,10-11,14-15H,3-5,8-9,12-13H2,1-2H3,(H2,21,22,23). The van der Waals surface area contributed by atoms with E-state index in [-0.39, 0.29) is 5.91 Å². The zero-order valence-electron chi connectivity index (χ0n) is 16.0. The molecule has 5 nitrogen and oxygen atoms in total. The summed E-state index contributed by atoms with van der Waals surface area (Å²) >= 11 is 3.52. The Morgan fingerprint density at radius 3 is 3.00 bits per heavy atom. The van der Waals surface area contributed by atoms with E-state index in [0.29, 0.717) is 18.9 Å². The minimum Gasteiger partial charge on any atom is -0.357 e. The van der Waals surface area contributed by atoms with Crippen LogP contribution in [0.1, 0.15) is 42.2 Å². The van der Waals surface area contributed by atoms with Gasteiger partial charge in [-0.25, -0.2) is 0 Å². The van der Waals surface area contributed by atoms with E-state index in [2.05, 4.69) is 57.7 Å². The van der Waals surface area contributed by atoms with Gasteiger partial charge in [0.25, 0.3) is 0 Å². The predicted octanol–water partition coefficient (Wildman–Crippen LogP) is 3.44. The van der Waals surface area contributed by atoms with E-state index >= 15 is 0 Å². The minimum atomic E-state index is 0.210. The first-order chi connectivity index (χ1) is 13.2. The van der Waals surface area contributed by atoms with Gasteiger partial charge in [-0.1, -0.05) is 6.92 Å². The lowest BCUT2D eigenvalue weighted by Crippen LogP contribution is -2.41. The first-order valence-corrected chi connectivity index (χ1v) is 11.4. The number of aliphatic imine (C=N–C) groups is 1. The Balaban J connectivity index is 1.45. The second-order valence-corrected chi connectivity index (χ2v) is 8.57. The van der Waals surface area contributed by atoms with Gasteiger partial charge in [-0.2, -0.15) is 11.3 Å². The van der Waals surface area contributed by atoms with Crippen LogP contribution in [0, 0.1) is 0 Å². The molecule has 27 heavy (non-hydrogen) atoms. The maximum Gasteiger partial charge on any atom is 0.224 e. The first-order valence-electron chi connectivity index (χ1n) is 9.54. The van der Waals surface area contributed by atoms with E-state index in [4.69, 9.17) is 0 Å². The molecule has 0 spiro atoms. The van der Waals surface area contributed by atoms with Crippen LogP contribution in [0.4, 0.5) is 0 Å². The second kappa shape index (κ2) is 9.90. The summed E-state index contributed by atoms with van der Waals surface area (Å²) in [6.07, 6.45) is 1.47. The molecule has 0 radical (unpaired) electrons. The van der Waals surface area contributed by atoms with Crippen LogP contribution in [0.25, 0.3) is 0 Å². The predicted molar refractivity (Wildman–Crippen MR) is 115 cm³/mol. The van der Waals surface area contributed by atoms with E-state index in [1.807, 2.05) is 4.90 Å². The number of carbonyl (C=O) groups is 1. The molecule has 7 heteroatoms. The molecular weight excluding hydrogens is 376 g/mol. The quantitative estimate of drug-likeness (QED) is 0.549. The van der Waals surface area contributed by atoms with E-state index in [1.165, 1.54) is 16.0 Å². The molecule has 0 fully saturated rings. The molecule has 2 aromatic rings. The van der Waals surface area contributed by atoms with Gasteiger partial charge in [0.1, 0.15) is 0 Å². The second-order valence-electron chi connectivity index (χ2n) is 6.79. The summed E-state index contributed by atoms with van der Waals surface area (Å²) in [4.78, 5) is 20.6. The molecule has 1 unspecified atom stereocenters. The SMILES string of the molecule is CCNC(=NCC(C)c1ccsc1)NCCC(=O)N1CCc2sccc2C1. The van der Waals surface area contributed by atoms with Crippen molar-refractivity contribution in [2.45, 2.75) is 39.2 Å². The van der Waals surface area contributed by atoms with Gasteiger partial charge in [0.15, 0.2) is 5.96 Å². The van der Waals surface area contributed by atoms with E-state index in [0.717, 1.165) is 38.6 Å². The lowest BCUT2D eigenvalue weighted by molar-refractivity contribution is -0.131. The Labute approximate surface area is 169 Å². The summed E-state index contributed by atoms with van der Waals surface area (Å²) in [5.41, 5.74) is 2.64. The van der Waals surface area contributed by atoms with Gasteiger partial charge in [-0.3, -0.25) is 9.79 Å². The molecular formula is C20H28N4OS2. The minimum absolute atomic E-state index is 0.210. The maximum absolute atomic E-state index is 12.5. The molecule has 1 amide bonds. The summed E-state index contributed by atoms with van der Waals surface area (Å²) in [7, 11) is 0. The lowest BCUT2D eigenvalue weighted by Gasteiger charge is -2.27. The van der Waals surface area contributed by atoms with Gasteiger partial charge in [-0.05, 0) is 52.7 Å². The van der Waals surface area contributed by atoms with Gasteiger partial charge >= 0.3 is 0 Å². The van der Waals surface area contributed by atoms with E-state index < -0.39 is 0 Å². The van der Waals surface area contributed by atoms with Crippen LogP contribution in [-0.4, -0.2) is 42.9 Å². The number of carbonyl (C=O) groups excluding carboxylic acids is 1. The highest BCUT2D eigenvalue weighted by Gasteiger charge is 2.21. The van der Waals surface area contributed by atoms with Gasteiger partial charge in [-0.15, -0.1) is 11.3 Å². The van der Waals surface area contributed by atoms with Crippen molar-refractivity contribution in [1.29, 1.82) is 0 Å². The van der Waals surface area contributed by atoms with E-state index in [1.54, 1.807) is 22.7 Å². The number of fused-ring (bicyclic) bond motifs is 1. The highest BCUT2D eigenvalue weighted by atomic mass is 32.1. The largest absolute Gasteiger partial charge is 0.357 e. The Morgan fingerprint density at radius 1 is 1.33 bits per heavy atom. The smallest absolute Gasteiger partial charge is 0.224 e. The zero-order valence-corrected chi connectivity index (χ0v) is 17.7. The van der Waals surface area contributed by atoms with Crippen LogP contribution in [0.15, 0.2) is 33.3 Å². The van der Waals surface area contributed by atoms with Crippen molar-refractivity contribution in [3.63, 3.8) is 0 Å². The van der Waals surface area contributed by atoms with Crippen LogP contribution < -0.4 is 10.6 Å². The Hall–Kier alpha value is -1.86. The lowest BCUT2D eigenvalue weighted by atomic mass is 10.1. The van der Waals surface area contributed by atoms with Crippen LogP contribution in [0.3, 0.4) is 0 Å². The van der Waals surface area contributed by atoms with Gasteiger partial charge in [0, 0.05) is 49.9 Å². The number of rotatable bonds is 7. The molecule has 3 rings (SSSR count). The molecule has 0 saturated heterocycles. The summed E-state index contributed by atoms with van der Waals surface area (Å²) in [6, 6.07) is 4.30. The van der Waals surface area contributed by atoms with Gasteiger partial charge in [0.05, 0.1) is 0 Å². The fourth-order valence-corrected chi connectivity index (χ4v) is 4.81. The normalized spacial score (nSPS) is 15.3. The molecule has 1 aliphatic rings. The Bertz CT molecular complexity index is 754. The van der Waals surface area contributed by atoms with Gasteiger partial charge < -0.3 is 15.5 Å². The molecule has 1 aliphatic heterocycles. The summed E-state index contributed by atoms with van der Waals surface area (Å²) in [5.74, 6) is 1.38. The monoisotopic (exact) mass is 404 g/mol. The fraction of sp³-hybridized carbons (Fsp3) is 0.500. The highest BCUT2D eigenvalue weighted by Crippen LogP contribution is 2.24. The Kier molecular flexibility index (Phi) is 7.29. The van der Waals surface area contributed by atoms with Crippen LogP contribution in [-0.2, 0) is 17.8 Å². The third-order valence-corrected chi connectivity index (χ3v) is 6.50. The summed E-state index contributed by atoms with van der Waals surface area (Å²) in [5, 5.41) is 13.0. The molecule has 0 saturated carbocycles. The number of nitrogens with one attached hydrogen (secondary N) is 2. The highest BCUT2D eigenvalue weighted by molar-refractivity contribution is 7.10. The van der Waals surface area contributed by atoms with Crippen molar-refractivity contribution < 1.29 is 4.79 Å². The summed E-state index contributed by atoms with van der Waals surface area (Å²) < 4.78 is 0. The van der Waals surface area contributed by atoms with Crippen molar-refractivity contribution in [3.8, 4) is 0 Å². The van der Waals surface area contributed by atoms with Crippen LogP contribution in [0.5, 0.6) is 0 Å². The maximum atomic E-state index is 12.5. The molecule has 0 aromatic carbocycles. The van der Waals surface area contributed by atoms with Gasteiger partial charge in [0.2, 0.25) is 5.91 Å². The number of guanidine groups is 1. The summed E-state index contributed by atoms with van der Waals surface area (Å²) in [6.45, 7) is 7.96. The third kappa shape index (κ3) is 5.56. The molecule has 146 valence electrons. The zero-order chi connectivity index (χ0) is 19.1. The average Bonchev–Trinajstić information content (AvgIpc) is 3.36. The Morgan fingerprint density at radius 2 is 2.22 bits per heavy atom. The number of nitrogens with zero attached hydrogens (tertiary/aromatic N) is 2. The number of hydrogen-bond donors (Lipinski definition) is 2. The molecule has 2 N–H and O–H groups in total. The fourth-order valence-electron chi connectivity index (χ4n) is 3.14. The molecule has 3 heterocycles. The average molecular weight is 405 g/mol. The molecule has 0 bridgehead atoms. The molecule has 0 aliphatic carbocycles. The van der Waals surface area contributed by atoms with Crippen LogP contribution >= 0.6 is 22.7 Å². The van der Waals surface area contributed by atoms with Crippen molar-refractivity contribution in [2.24, 2.45) is 4.99 Å². The van der Waals surface area contributed by atoms with Crippen molar-refractivity contribution in [1.82, 2.24) is 15.5 Å². The van der Waals surface area contributed by atoms with E-state index in [9.17, 15) is 4.79 Å². The number of thiophene rings is 2. The third-order valence-electron chi connectivity index (χ3n) is 4.77. The van der Waals surface area contributed by atoms with Crippen LogP contribution in [0.2, 0.25) is 0 Å². The van der Waals surface area contributed by atoms with Crippen molar-refractivity contribution >= 4 is 34.5 Å². The molecule has 1 atom stereocenters.